The van der Waals surface area contributed by atoms with Gasteiger partial charge >= 0.3 is 0 Å². The molecule has 30 heavy (non-hydrogen) atoms. The van der Waals surface area contributed by atoms with Gasteiger partial charge in [-0.15, -0.1) is 0 Å². The highest BCUT2D eigenvalue weighted by Crippen LogP contribution is 2.35. The molecule has 3 aromatic heterocycles. The Morgan fingerprint density at radius 3 is 2.87 bits per heavy atom. The maximum Gasteiger partial charge on any atom is 0.139 e. The molecule has 2 atom stereocenters. The maximum atomic E-state index is 5.83. The molecule has 1 saturated heterocycles. The molecule has 0 amide bonds. The van der Waals surface area contributed by atoms with Gasteiger partial charge in [0.1, 0.15) is 17.1 Å². The summed E-state index contributed by atoms with van der Waals surface area (Å²) in [6.45, 7) is 7.13. The second-order valence-electron chi connectivity index (χ2n) is 8.46. The van der Waals surface area contributed by atoms with E-state index < -0.39 is 0 Å². The lowest BCUT2D eigenvalue weighted by Crippen LogP contribution is -2.26. The summed E-state index contributed by atoms with van der Waals surface area (Å²) in [5.74, 6) is 2.22. The molecule has 0 radical (unpaired) electrons. The van der Waals surface area contributed by atoms with E-state index in [4.69, 9.17) is 14.2 Å². The van der Waals surface area contributed by atoms with Crippen LogP contribution in [0.15, 0.2) is 39.5 Å². The summed E-state index contributed by atoms with van der Waals surface area (Å²) in [5, 5.41) is 5.42. The first-order valence-corrected chi connectivity index (χ1v) is 11.3. The number of imidazole rings is 1. The molecule has 6 nitrogen and oxygen atoms in total. The van der Waals surface area contributed by atoms with E-state index in [0.29, 0.717) is 18.4 Å². The van der Waals surface area contributed by atoms with E-state index >= 15 is 0 Å². The van der Waals surface area contributed by atoms with Gasteiger partial charge < -0.3 is 13.8 Å². The standard InChI is InChI=1S/C23H25BrN4O2/c1-13(2)21-10-16(27-30-21)11-22-26-20-12-25-19-5-4-15(24)9-18(19)23(20)28(22)17-6-7-29-14(3)8-17/h4-5,9-10,12-14,17H,6-8,11H2,1-3H3/t14-,17-/m1/s1. The SMILES string of the molecule is CC(C)c1cc(Cc2nc3cnc4ccc(Br)cc4c3n2[C@@H]2CCO[C@H](C)C2)no1. The van der Waals surface area contributed by atoms with E-state index in [1.165, 1.54) is 0 Å². The van der Waals surface area contributed by atoms with Crippen LogP contribution >= 0.6 is 15.9 Å². The van der Waals surface area contributed by atoms with Gasteiger partial charge in [0.15, 0.2) is 0 Å². The first-order chi connectivity index (χ1) is 14.5. The van der Waals surface area contributed by atoms with Crippen LogP contribution in [0.2, 0.25) is 0 Å². The molecule has 4 heterocycles. The molecule has 1 fully saturated rings. The monoisotopic (exact) mass is 468 g/mol. The maximum absolute atomic E-state index is 5.83. The molecule has 5 rings (SSSR count). The van der Waals surface area contributed by atoms with Crippen molar-refractivity contribution < 1.29 is 9.26 Å². The minimum absolute atomic E-state index is 0.230. The molecule has 4 aromatic rings. The second kappa shape index (κ2) is 7.78. The Kier molecular flexibility index (Phi) is 5.11. The smallest absolute Gasteiger partial charge is 0.139 e. The minimum atomic E-state index is 0.230. The third-order valence-corrected chi connectivity index (χ3v) is 6.35. The summed E-state index contributed by atoms with van der Waals surface area (Å²) in [7, 11) is 0. The number of pyridine rings is 1. The fourth-order valence-corrected chi connectivity index (χ4v) is 4.73. The Bertz CT molecular complexity index is 1210. The molecule has 0 N–H and O–H groups in total. The lowest BCUT2D eigenvalue weighted by molar-refractivity contribution is 0.00630. The number of fused-ring (bicyclic) bond motifs is 3. The van der Waals surface area contributed by atoms with Crippen molar-refractivity contribution in [1.82, 2.24) is 19.7 Å². The summed E-state index contributed by atoms with van der Waals surface area (Å²) in [5.41, 5.74) is 3.95. The fourth-order valence-electron chi connectivity index (χ4n) is 4.37. The Labute approximate surface area is 183 Å². The number of nitrogens with zero attached hydrogens (tertiary/aromatic N) is 4. The summed E-state index contributed by atoms with van der Waals surface area (Å²) in [4.78, 5) is 9.65. The topological polar surface area (TPSA) is 66.0 Å². The molecule has 0 spiro atoms. The van der Waals surface area contributed by atoms with Gasteiger partial charge in [0.25, 0.3) is 0 Å². The highest BCUT2D eigenvalue weighted by molar-refractivity contribution is 9.10. The molecule has 0 aliphatic carbocycles. The van der Waals surface area contributed by atoms with Crippen LogP contribution in [-0.2, 0) is 11.2 Å². The number of aromatic nitrogens is 4. The van der Waals surface area contributed by atoms with Gasteiger partial charge in [0, 0.05) is 34.5 Å². The van der Waals surface area contributed by atoms with Crippen molar-refractivity contribution in [1.29, 1.82) is 0 Å². The molecule has 0 unspecified atom stereocenters. The largest absolute Gasteiger partial charge is 0.378 e. The van der Waals surface area contributed by atoms with Crippen LogP contribution in [0.1, 0.15) is 62.9 Å². The number of ether oxygens (including phenoxy) is 1. The van der Waals surface area contributed by atoms with E-state index in [0.717, 1.165) is 63.1 Å². The van der Waals surface area contributed by atoms with E-state index in [1.807, 2.05) is 18.3 Å². The summed E-state index contributed by atoms with van der Waals surface area (Å²) in [6, 6.07) is 8.60. The van der Waals surface area contributed by atoms with Gasteiger partial charge in [-0.2, -0.15) is 0 Å². The zero-order valence-corrected chi connectivity index (χ0v) is 19.0. The summed E-state index contributed by atoms with van der Waals surface area (Å²) < 4.78 is 14.8. The first-order valence-electron chi connectivity index (χ1n) is 10.5. The third kappa shape index (κ3) is 3.54. The quantitative estimate of drug-likeness (QED) is 0.379. The van der Waals surface area contributed by atoms with Crippen molar-refractivity contribution in [2.24, 2.45) is 0 Å². The molecular formula is C23H25BrN4O2. The lowest BCUT2D eigenvalue weighted by Gasteiger charge is -2.30. The Balaban J connectivity index is 1.69. The van der Waals surface area contributed by atoms with Crippen LogP contribution in [0, 0.1) is 0 Å². The molecular weight excluding hydrogens is 444 g/mol. The van der Waals surface area contributed by atoms with Gasteiger partial charge in [0.05, 0.1) is 35.4 Å². The van der Waals surface area contributed by atoms with Gasteiger partial charge in [0.2, 0.25) is 0 Å². The minimum Gasteiger partial charge on any atom is -0.378 e. The normalized spacial score (nSPS) is 19.9. The van der Waals surface area contributed by atoms with Crippen LogP contribution in [-0.4, -0.2) is 32.4 Å². The number of rotatable bonds is 4. The van der Waals surface area contributed by atoms with E-state index in [2.05, 4.69) is 63.5 Å². The van der Waals surface area contributed by atoms with E-state index in [1.54, 1.807) is 0 Å². The second-order valence-corrected chi connectivity index (χ2v) is 9.38. The molecule has 0 bridgehead atoms. The molecule has 1 aromatic carbocycles. The van der Waals surface area contributed by atoms with Crippen molar-refractivity contribution in [3.63, 3.8) is 0 Å². The average molecular weight is 469 g/mol. The third-order valence-electron chi connectivity index (χ3n) is 5.86. The molecule has 156 valence electrons. The van der Waals surface area contributed by atoms with Gasteiger partial charge in [-0.05, 0) is 38.0 Å². The predicted octanol–water partition coefficient (Wildman–Crippen LogP) is 5.79. The van der Waals surface area contributed by atoms with E-state index in [9.17, 15) is 0 Å². The Morgan fingerprint density at radius 1 is 1.23 bits per heavy atom. The van der Waals surface area contributed by atoms with Crippen molar-refractivity contribution >= 4 is 37.9 Å². The number of hydrogen-bond donors (Lipinski definition) is 0. The van der Waals surface area contributed by atoms with Gasteiger partial charge in [-0.3, -0.25) is 4.98 Å². The van der Waals surface area contributed by atoms with Crippen LogP contribution in [0.3, 0.4) is 0 Å². The summed E-state index contributed by atoms with van der Waals surface area (Å²) in [6.07, 6.45) is 4.68. The number of halogens is 1. The van der Waals surface area contributed by atoms with E-state index in [-0.39, 0.29) is 6.10 Å². The van der Waals surface area contributed by atoms with Gasteiger partial charge in [-0.1, -0.05) is 34.9 Å². The highest BCUT2D eigenvalue weighted by atomic mass is 79.9. The van der Waals surface area contributed by atoms with Crippen molar-refractivity contribution in [2.45, 2.75) is 58.1 Å². The predicted molar refractivity (Wildman–Crippen MR) is 120 cm³/mol. The van der Waals surface area contributed by atoms with Crippen molar-refractivity contribution in [3.8, 4) is 0 Å². The van der Waals surface area contributed by atoms with Crippen LogP contribution < -0.4 is 0 Å². The zero-order valence-electron chi connectivity index (χ0n) is 17.4. The average Bonchev–Trinajstić information content (AvgIpc) is 3.33. The van der Waals surface area contributed by atoms with Gasteiger partial charge in [-0.25, -0.2) is 4.98 Å². The van der Waals surface area contributed by atoms with Crippen molar-refractivity contribution in [3.05, 3.63) is 52.2 Å². The first kappa shape index (κ1) is 19.7. The molecule has 0 saturated carbocycles. The Morgan fingerprint density at radius 2 is 2.10 bits per heavy atom. The lowest BCUT2D eigenvalue weighted by atomic mass is 10.0. The molecule has 7 heteroatoms. The zero-order chi connectivity index (χ0) is 20.8. The molecule has 1 aliphatic heterocycles. The number of hydrogen-bond acceptors (Lipinski definition) is 5. The number of benzene rings is 1. The fraction of sp³-hybridized carbons (Fsp3) is 0.435. The van der Waals surface area contributed by atoms with Crippen molar-refractivity contribution in [2.75, 3.05) is 6.61 Å². The van der Waals surface area contributed by atoms with Crippen LogP contribution in [0.5, 0.6) is 0 Å². The Hall–Kier alpha value is -2.25. The highest BCUT2D eigenvalue weighted by Gasteiger charge is 2.27. The summed E-state index contributed by atoms with van der Waals surface area (Å²) >= 11 is 3.63. The van der Waals surface area contributed by atoms with Crippen LogP contribution in [0.25, 0.3) is 21.9 Å². The molecule has 1 aliphatic rings. The van der Waals surface area contributed by atoms with Crippen LogP contribution in [0.4, 0.5) is 0 Å².